The van der Waals surface area contributed by atoms with Crippen LogP contribution in [0, 0.1) is 10.2 Å². The van der Waals surface area contributed by atoms with Crippen LogP contribution in [0.5, 0.6) is 0 Å². The number of halogens is 1. The van der Waals surface area contributed by atoms with E-state index in [-0.39, 0.29) is 0 Å². The third kappa shape index (κ3) is 6.98. The molecular weight excluding hydrogens is 349 g/mol. The van der Waals surface area contributed by atoms with E-state index in [1.165, 1.54) is 16.9 Å². The first kappa shape index (κ1) is 17.1. The minimum Gasteiger partial charge on any atom is -0.222 e. The first-order chi connectivity index (χ1) is 9.27. The van der Waals surface area contributed by atoms with Gasteiger partial charge < -0.3 is 0 Å². The maximum absolute atomic E-state index is 8.49. The molecule has 0 aromatic heterocycles. The third-order valence-electron chi connectivity index (χ3n) is 2.37. The first-order valence-corrected chi connectivity index (χ1v) is 8.73. The maximum atomic E-state index is 8.49. The van der Waals surface area contributed by atoms with Gasteiger partial charge in [0.05, 0.1) is 0 Å². The summed E-state index contributed by atoms with van der Waals surface area (Å²) in [6.07, 6.45) is 13.1. The Kier molecular flexibility index (Phi) is 6.58. The molecule has 2 rings (SSSR count). The quantitative estimate of drug-likeness (QED) is 0.341. The number of rotatable bonds is 0. The van der Waals surface area contributed by atoms with Gasteiger partial charge in [-0.2, -0.15) is 0 Å². The molecule has 0 amide bonds. The predicted molar refractivity (Wildman–Crippen MR) is 66.5 cm³/mol. The Morgan fingerprint density at radius 3 is 1.60 bits per heavy atom. The van der Waals surface area contributed by atoms with Crippen molar-refractivity contribution in [1.82, 2.24) is 0 Å². The molecule has 5 nitrogen and oxygen atoms in total. The molecule has 7 heteroatoms. The third-order valence-corrected chi connectivity index (χ3v) is 3.60. The van der Waals surface area contributed by atoms with E-state index in [9.17, 15) is 0 Å². The van der Waals surface area contributed by atoms with Crippen LogP contribution in [0.4, 0.5) is 0 Å². The van der Waals surface area contributed by atoms with Gasteiger partial charge >= 0.3 is 96.9 Å². The normalized spacial score (nSPS) is 17.2. The van der Waals surface area contributed by atoms with Crippen LogP contribution in [0.1, 0.15) is 0 Å². The zero-order chi connectivity index (χ0) is 15.2. The summed E-state index contributed by atoms with van der Waals surface area (Å²) in [5.74, 6) is 0. The van der Waals surface area contributed by atoms with Gasteiger partial charge in [-0.25, -0.2) is 18.6 Å². The molecule has 0 atom stereocenters. The SMILES string of the molecule is C[N+](C)=C1C=CC(=C2C=C[Se]C=C2)C=C1.[O-][Cl+3]([O-])([O-])[O-]. The molecular formula is C13H14ClNO4Se. The van der Waals surface area contributed by atoms with Crippen LogP contribution in [0.15, 0.2) is 57.6 Å². The topological polar surface area (TPSA) is 95.2 Å². The molecule has 2 aliphatic rings. The van der Waals surface area contributed by atoms with Crippen LogP contribution in [-0.4, -0.2) is 39.3 Å². The molecule has 0 radical (unpaired) electrons. The average molecular weight is 363 g/mol. The summed E-state index contributed by atoms with van der Waals surface area (Å²) in [5.41, 5.74) is 3.85. The Hall–Kier alpha value is -0.981. The van der Waals surface area contributed by atoms with E-state index in [2.05, 4.69) is 65.1 Å². The molecule has 0 saturated heterocycles. The summed E-state index contributed by atoms with van der Waals surface area (Å²) >= 11 is 0.563. The van der Waals surface area contributed by atoms with Crippen molar-refractivity contribution in [2.45, 2.75) is 0 Å². The van der Waals surface area contributed by atoms with Crippen LogP contribution in [0.3, 0.4) is 0 Å². The van der Waals surface area contributed by atoms with E-state index in [1.807, 2.05) is 0 Å². The Balaban J connectivity index is 0.000000347. The summed E-state index contributed by atoms with van der Waals surface area (Å²) in [7, 11) is -0.823. The summed E-state index contributed by atoms with van der Waals surface area (Å²) in [4.78, 5) is 4.50. The number of hydrogen-bond donors (Lipinski definition) is 0. The van der Waals surface area contributed by atoms with Gasteiger partial charge in [0.25, 0.3) is 0 Å². The smallest absolute Gasteiger partial charge is 0.112 e. The molecule has 20 heavy (non-hydrogen) atoms. The largest absolute Gasteiger partial charge is 0.222 e. The molecule has 0 spiro atoms. The second-order valence-electron chi connectivity index (χ2n) is 4.02. The summed E-state index contributed by atoms with van der Waals surface area (Å²) in [5, 5.41) is 0. The molecule has 0 unspecified atom stereocenters. The van der Waals surface area contributed by atoms with Gasteiger partial charge in [-0.15, -0.1) is 10.2 Å². The molecule has 1 heterocycles. The van der Waals surface area contributed by atoms with Crippen molar-refractivity contribution in [1.29, 1.82) is 0 Å². The van der Waals surface area contributed by atoms with Crippen LogP contribution >= 0.6 is 0 Å². The van der Waals surface area contributed by atoms with Crippen molar-refractivity contribution in [2.75, 3.05) is 14.1 Å². The molecule has 0 N–H and O–H groups in total. The molecule has 1 aliphatic heterocycles. The zero-order valence-electron chi connectivity index (χ0n) is 11.0. The molecule has 0 aromatic rings. The Morgan fingerprint density at radius 1 is 0.800 bits per heavy atom. The summed E-state index contributed by atoms with van der Waals surface area (Å²) in [6.45, 7) is 0. The van der Waals surface area contributed by atoms with Crippen LogP contribution < -0.4 is 18.6 Å². The van der Waals surface area contributed by atoms with E-state index in [0.717, 1.165) is 0 Å². The van der Waals surface area contributed by atoms with Crippen LogP contribution in [0.2, 0.25) is 0 Å². The molecule has 0 fully saturated rings. The number of hydrogen-bond acceptors (Lipinski definition) is 4. The Labute approximate surface area is 126 Å². The van der Waals surface area contributed by atoms with Crippen molar-refractivity contribution in [3.8, 4) is 0 Å². The fourth-order valence-corrected chi connectivity index (χ4v) is 2.61. The monoisotopic (exact) mass is 363 g/mol. The molecule has 108 valence electrons. The molecule has 1 aliphatic carbocycles. The minimum absolute atomic E-state index is 0.563. The first-order valence-electron chi connectivity index (χ1n) is 5.52. The van der Waals surface area contributed by atoms with Crippen molar-refractivity contribution < 1.29 is 33.5 Å². The number of allylic oxidation sites excluding steroid dienone is 8. The molecule has 0 aromatic carbocycles. The predicted octanol–water partition coefficient (Wildman–Crippen LogP) is -2.89. The maximum Gasteiger partial charge on any atom is -0.112 e. The van der Waals surface area contributed by atoms with Gasteiger partial charge in [0.1, 0.15) is 0 Å². The zero-order valence-corrected chi connectivity index (χ0v) is 13.5. The van der Waals surface area contributed by atoms with Crippen molar-refractivity contribution in [3.05, 3.63) is 57.6 Å². The van der Waals surface area contributed by atoms with Gasteiger partial charge in [0.2, 0.25) is 0 Å². The van der Waals surface area contributed by atoms with Gasteiger partial charge in [-0.1, -0.05) is 0 Å². The van der Waals surface area contributed by atoms with Gasteiger partial charge in [-0.05, 0) is 0 Å². The molecule has 0 saturated carbocycles. The van der Waals surface area contributed by atoms with E-state index >= 15 is 0 Å². The van der Waals surface area contributed by atoms with Crippen molar-refractivity contribution >= 4 is 20.7 Å². The van der Waals surface area contributed by atoms with Gasteiger partial charge in [0, 0.05) is 0 Å². The summed E-state index contributed by atoms with van der Waals surface area (Å²) in [6, 6.07) is 0. The second-order valence-corrected chi connectivity index (χ2v) is 6.49. The van der Waals surface area contributed by atoms with Crippen LogP contribution in [-0.2, 0) is 0 Å². The van der Waals surface area contributed by atoms with Crippen molar-refractivity contribution in [2.24, 2.45) is 0 Å². The fraction of sp³-hybridized carbons (Fsp3) is 0.154. The Bertz CT molecular complexity index is 497. The standard InChI is InChI=1S/C13H14NSe.ClHO4/c1-14(2)13-5-3-11(4-6-13)12-7-9-15-10-8-12;2-1(3,4)5/h3-10H,1-2H3;(H,2,3,4,5)/q+1;/p-1. The second kappa shape index (κ2) is 7.71. The van der Waals surface area contributed by atoms with Crippen LogP contribution in [0.25, 0.3) is 0 Å². The van der Waals surface area contributed by atoms with E-state index in [0.29, 0.717) is 15.0 Å². The average Bonchev–Trinajstić information content (AvgIpc) is 2.38. The van der Waals surface area contributed by atoms with Gasteiger partial charge in [0.15, 0.2) is 0 Å². The minimum atomic E-state index is -4.94. The number of nitrogens with zero attached hydrogens (tertiary/aromatic N) is 1. The van der Waals surface area contributed by atoms with E-state index in [1.54, 1.807) is 0 Å². The Morgan fingerprint density at radius 2 is 1.20 bits per heavy atom. The summed E-state index contributed by atoms with van der Waals surface area (Å²) < 4.78 is 36.1. The van der Waals surface area contributed by atoms with E-state index in [4.69, 9.17) is 18.6 Å². The fourth-order valence-electron chi connectivity index (χ4n) is 1.47. The van der Waals surface area contributed by atoms with Crippen molar-refractivity contribution in [3.63, 3.8) is 0 Å². The van der Waals surface area contributed by atoms with E-state index < -0.39 is 10.2 Å². The molecule has 0 bridgehead atoms. The van der Waals surface area contributed by atoms with Gasteiger partial charge in [-0.3, -0.25) is 0 Å².